The van der Waals surface area contributed by atoms with Gasteiger partial charge in [0.25, 0.3) is 5.91 Å². The molecule has 2 heterocycles. The first-order valence-electron chi connectivity index (χ1n) is 8.79. The van der Waals surface area contributed by atoms with Crippen LogP contribution in [0.1, 0.15) is 42.3 Å². The average Bonchev–Trinajstić information content (AvgIpc) is 2.94. The van der Waals surface area contributed by atoms with Crippen molar-refractivity contribution in [3.8, 4) is 0 Å². The van der Waals surface area contributed by atoms with Crippen molar-refractivity contribution in [2.45, 2.75) is 39.2 Å². The second-order valence-corrected chi connectivity index (χ2v) is 9.13. The molecule has 142 valence electrons. The molecule has 26 heavy (non-hydrogen) atoms. The summed E-state index contributed by atoms with van der Waals surface area (Å²) < 4.78 is 31.5. The molecule has 0 saturated carbocycles. The van der Waals surface area contributed by atoms with E-state index < -0.39 is 10.0 Å². The molecular weight excluding hydrogens is 376 g/mol. The van der Waals surface area contributed by atoms with Gasteiger partial charge in [0, 0.05) is 30.1 Å². The van der Waals surface area contributed by atoms with E-state index in [2.05, 4.69) is 5.32 Å². The molecule has 0 unspecified atom stereocenters. The fraction of sp³-hybridized carbons (Fsp3) is 0.500. The number of furan rings is 1. The summed E-state index contributed by atoms with van der Waals surface area (Å²) in [7, 11) is -3.18. The van der Waals surface area contributed by atoms with Gasteiger partial charge in [-0.25, -0.2) is 12.7 Å². The van der Waals surface area contributed by atoms with E-state index in [-0.39, 0.29) is 23.5 Å². The van der Waals surface area contributed by atoms with Crippen LogP contribution in [0.15, 0.2) is 22.6 Å². The lowest BCUT2D eigenvalue weighted by atomic mass is 10.1. The topological polar surface area (TPSA) is 79.6 Å². The third kappa shape index (κ3) is 3.75. The van der Waals surface area contributed by atoms with Gasteiger partial charge in [-0.05, 0) is 32.3 Å². The molecule has 8 heteroatoms. The van der Waals surface area contributed by atoms with Gasteiger partial charge in [0.1, 0.15) is 0 Å². The van der Waals surface area contributed by atoms with Gasteiger partial charge in [0.05, 0.1) is 10.8 Å². The summed E-state index contributed by atoms with van der Waals surface area (Å²) >= 11 is 6.14. The molecule has 1 aromatic heterocycles. The van der Waals surface area contributed by atoms with Gasteiger partial charge in [0.15, 0.2) is 11.3 Å². The highest BCUT2D eigenvalue weighted by Gasteiger charge is 2.29. The normalized spacial score (nSPS) is 16.9. The van der Waals surface area contributed by atoms with Gasteiger partial charge >= 0.3 is 0 Å². The summed E-state index contributed by atoms with van der Waals surface area (Å²) in [6.45, 7) is 4.54. The number of nitrogens with one attached hydrogen (secondary N) is 1. The van der Waals surface area contributed by atoms with E-state index in [1.54, 1.807) is 6.07 Å². The SMILES string of the molecule is CCCS(=O)(=O)N1CCC(NC(=O)c2oc3c(Cl)cccc3c2C)CC1. The molecule has 1 fully saturated rings. The zero-order valence-electron chi connectivity index (χ0n) is 14.9. The number of benzene rings is 1. The Morgan fingerprint density at radius 1 is 1.35 bits per heavy atom. The monoisotopic (exact) mass is 398 g/mol. The van der Waals surface area contributed by atoms with Crippen LogP contribution < -0.4 is 5.32 Å². The first-order chi connectivity index (χ1) is 12.3. The number of nitrogens with zero attached hydrogens (tertiary/aromatic N) is 1. The van der Waals surface area contributed by atoms with Crippen molar-refractivity contribution in [1.29, 1.82) is 0 Å². The molecule has 0 bridgehead atoms. The van der Waals surface area contributed by atoms with Gasteiger partial charge in [-0.1, -0.05) is 30.7 Å². The van der Waals surface area contributed by atoms with Gasteiger partial charge in [-0.15, -0.1) is 0 Å². The number of para-hydroxylation sites is 1. The van der Waals surface area contributed by atoms with Crippen molar-refractivity contribution < 1.29 is 17.6 Å². The standard InChI is InChI=1S/C18H23ClN2O4S/c1-3-11-26(23,24)21-9-7-13(8-10-21)20-18(22)16-12(2)14-5-4-6-15(19)17(14)25-16/h4-6,13H,3,7-11H2,1-2H3,(H,20,22). The van der Waals surface area contributed by atoms with Crippen LogP contribution in [-0.2, 0) is 10.0 Å². The lowest BCUT2D eigenvalue weighted by molar-refractivity contribution is 0.0897. The third-order valence-electron chi connectivity index (χ3n) is 4.77. The van der Waals surface area contributed by atoms with E-state index in [0.717, 1.165) is 10.9 Å². The summed E-state index contributed by atoms with van der Waals surface area (Å²) in [6, 6.07) is 5.34. The number of fused-ring (bicyclic) bond motifs is 1. The summed E-state index contributed by atoms with van der Waals surface area (Å²) in [5, 5.41) is 4.26. The first-order valence-corrected chi connectivity index (χ1v) is 10.8. The maximum Gasteiger partial charge on any atom is 0.287 e. The van der Waals surface area contributed by atoms with E-state index in [1.165, 1.54) is 4.31 Å². The van der Waals surface area contributed by atoms with Crippen molar-refractivity contribution in [1.82, 2.24) is 9.62 Å². The molecule has 0 spiro atoms. The Hall–Kier alpha value is -1.57. The number of aryl methyl sites for hydroxylation is 1. The lowest BCUT2D eigenvalue weighted by Gasteiger charge is -2.31. The van der Waals surface area contributed by atoms with Gasteiger partial charge < -0.3 is 9.73 Å². The molecule has 0 atom stereocenters. The lowest BCUT2D eigenvalue weighted by Crippen LogP contribution is -2.47. The number of piperidine rings is 1. The van der Waals surface area contributed by atoms with Crippen molar-refractivity contribution >= 4 is 38.5 Å². The van der Waals surface area contributed by atoms with Crippen LogP contribution in [0.25, 0.3) is 11.0 Å². The van der Waals surface area contributed by atoms with Crippen molar-refractivity contribution in [2.75, 3.05) is 18.8 Å². The fourth-order valence-electron chi connectivity index (χ4n) is 3.34. The highest BCUT2D eigenvalue weighted by molar-refractivity contribution is 7.89. The number of halogens is 1. The van der Waals surface area contributed by atoms with Crippen LogP contribution in [0.4, 0.5) is 0 Å². The smallest absolute Gasteiger partial charge is 0.287 e. The van der Waals surface area contributed by atoms with E-state index in [1.807, 2.05) is 26.0 Å². The number of carbonyl (C=O) groups is 1. The summed E-state index contributed by atoms with van der Waals surface area (Å²) in [4.78, 5) is 12.6. The molecule has 6 nitrogen and oxygen atoms in total. The molecule has 1 aliphatic heterocycles. The van der Waals surface area contributed by atoms with Crippen molar-refractivity contribution in [2.24, 2.45) is 0 Å². The molecule has 1 aliphatic rings. The molecule has 1 aromatic carbocycles. The minimum Gasteiger partial charge on any atom is -0.449 e. The quantitative estimate of drug-likeness (QED) is 0.837. The van der Waals surface area contributed by atoms with Gasteiger partial charge in [0.2, 0.25) is 10.0 Å². The van der Waals surface area contributed by atoms with Crippen LogP contribution in [0.5, 0.6) is 0 Å². The van der Waals surface area contributed by atoms with E-state index in [9.17, 15) is 13.2 Å². The summed E-state index contributed by atoms with van der Waals surface area (Å²) in [5.74, 6) is 0.141. The van der Waals surface area contributed by atoms with E-state index in [0.29, 0.717) is 43.0 Å². The molecule has 1 saturated heterocycles. The largest absolute Gasteiger partial charge is 0.449 e. The molecule has 1 N–H and O–H groups in total. The highest BCUT2D eigenvalue weighted by Crippen LogP contribution is 2.30. The Labute approximate surface area is 158 Å². The Balaban J connectivity index is 1.67. The molecule has 0 aliphatic carbocycles. The zero-order valence-corrected chi connectivity index (χ0v) is 16.5. The highest BCUT2D eigenvalue weighted by atomic mass is 35.5. The van der Waals surface area contributed by atoms with Crippen LogP contribution in [0, 0.1) is 6.92 Å². The van der Waals surface area contributed by atoms with Gasteiger partial charge in [-0.3, -0.25) is 4.79 Å². The molecular formula is C18H23ClN2O4S. The maximum atomic E-state index is 12.6. The van der Waals surface area contributed by atoms with E-state index >= 15 is 0 Å². The number of rotatable bonds is 5. The van der Waals surface area contributed by atoms with Crippen LogP contribution in [0.3, 0.4) is 0 Å². The molecule has 3 rings (SSSR count). The number of carbonyl (C=O) groups excluding carboxylic acids is 1. The zero-order chi connectivity index (χ0) is 18.9. The van der Waals surface area contributed by atoms with Crippen LogP contribution in [-0.4, -0.2) is 43.5 Å². The van der Waals surface area contributed by atoms with E-state index in [4.69, 9.17) is 16.0 Å². The minimum absolute atomic E-state index is 0.0707. The minimum atomic E-state index is -3.18. The Bertz CT molecular complexity index is 915. The number of amides is 1. The van der Waals surface area contributed by atoms with Crippen LogP contribution >= 0.6 is 11.6 Å². The first kappa shape index (κ1) is 19.2. The number of hydrogen-bond donors (Lipinski definition) is 1. The second-order valence-electron chi connectivity index (χ2n) is 6.64. The fourth-order valence-corrected chi connectivity index (χ4v) is 5.10. The molecule has 1 amide bonds. The average molecular weight is 399 g/mol. The Kier molecular flexibility index (Phi) is 5.60. The number of sulfonamides is 1. The van der Waals surface area contributed by atoms with Gasteiger partial charge in [-0.2, -0.15) is 0 Å². The maximum absolute atomic E-state index is 12.6. The summed E-state index contributed by atoms with van der Waals surface area (Å²) in [5.41, 5.74) is 1.26. The molecule has 2 aromatic rings. The summed E-state index contributed by atoms with van der Waals surface area (Å²) in [6.07, 6.45) is 1.79. The third-order valence-corrected chi connectivity index (χ3v) is 7.14. The van der Waals surface area contributed by atoms with Crippen molar-refractivity contribution in [3.63, 3.8) is 0 Å². The molecule has 0 radical (unpaired) electrons. The second kappa shape index (κ2) is 7.58. The predicted octanol–water partition coefficient (Wildman–Crippen LogP) is 3.33. The van der Waals surface area contributed by atoms with Crippen molar-refractivity contribution in [3.05, 3.63) is 34.5 Å². The predicted molar refractivity (Wildman–Crippen MR) is 102 cm³/mol. The number of hydrogen-bond acceptors (Lipinski definition) is 4. The Morgan fingerprint density at radius 3 is 2.65 bits per heavy atom. The van der Waals surface area contributed by atoms with Crippen LogP contribution in [0.2, 0.25) is 5.02 Å². The Morgan fingerprint density at radius 2 is 2.04 bits per heavy atom.